The summed E-state index contributed by atoms with van der Waals surface area (Å²) in [6, 6.07) is 5.23. The second kappa shape index (κ2) is 6.72. The maximum Gasteiger partial charge on any atom is 0.335 e. The SMILES string of the molecule is Cc1cc(C(=O)O)cc(N(CCCl)CCCl)c1. The lowest BCUT2D eigenvalue weighted by Crippen LogP contribution is -2.27. The molecule has 0 heterocycles. The topological polar surface area (TPSA) is 40.5 Å². The number of carboxylic acids is 1. The molecule has 0 aliphatic rings. The van der Waals surface area contributed by atoms with Gasteiger partial charge in [-0.1, -0.05) is 0 Å². The Hall–Kier alpha value is -0.930. The highest BCUT2D eigenvalue weighted by molar-refractivity contribution is 6.18. The number of aryl methyl sites for hydroxylation is 1. The van der Waals surface area contributed by atoms with Gasteiger partial charge in [0.15, 0.2) is 0 Å². The summed E-state index contributed by atoms with van der Waals surface area (Å²) in [5, 5.41) is 9.00. The fourth-order valence-electron chi connectivity index (χ4n) is 1.64. The van der Waals surface area contributed by atoms with Crippen LogP contribution in [0.4, 0.5) is 5.69 Å². The average Bonchev–Trinajstić information content (AvgIpc) is 2.28. The first-order chi connectivity index (χ1) is 8.08. The quantitative estimate of drug-likeness (QED) is 0.812. The van der Waals surface area contributed by atoms with Crippen LogP contribution in [0.3, 0.4) is 0 Å². The third-order valence-electron chi connectivity index (χ3n) is 2.38. The number of aromatic carboxylic acids is 1. The van der Waals surface area contributed by atoms with E-state index in [-0.39, 0.29) is 5.56 Å². The standard InChI is InChI=1S/C12H15Cl2NO2/c1-9-6-10(12(16)17)8-11(7-9)15(4-2-13)5-3-14/h6-8H,2-5H2,1H3,(H,16,17). The molecule has 0 radical (unpaired) electrons. The molecule has 94 valence electrons. The Morgan fingerprint density at radius 3 is 2.29 bits per heavy atom. The monoisotopic (exact) mass is 275 g/mol. The number of carboxylic acid groups (broad SMARTS) is 1. The van der Waals surface area contributed by atoms with Crippen LogP contribution in [0.25, 0.3) is 0 Å². The summed E-state index contributed by atoms with van der Waals surface area (Å²) in [6.07, 6.45) is 0. The van der Waals surface area contributed by atoms with Gasteiger partial charge in [-0.05, 0) is 30.7 Å². The van der Waals surface area contributed by atoms with Crippen molar-refractivity contribution in [2.24, 2.45) is 0 Å². The number of carbonyl (C=O) groups is 1. The summed E-state index contributed by atoms with van der Waals surface area (Å²) in [7, 11) is 0. The average molecular weight is 276 g/mol. The van der Waals surface area contributed by atoms with E-state index in [2.05, 4.69) is 0 Å². The number of anilines is 1. The van der Waals surface area contributed by atoms with Gasteiger partial charge in [0.25, 0.3) is 0 Å². The molecule has 0 saturated carbocycles. The fraction of sp³-hybridized carbons (Fsp3) is 0.417. The van der Waals surface area contributed by atoms with Gasteiger partial charge in [-0.25, -0.2) is 4.79 Å². The van der Waals surface area contributed by atoms with Crippen molar-refractivity contribution in [3.05, 3.63) is 29.3 Å². The smallest absolute Gasteiger partial charge is 0.335 e. The van der Waals surface area contributed by atoms with Crippen LogP contribution in [0.2, 0.25) is 0 Å². The molecular weight excluding hydrogens is 261 g/mol. The van der Waals surface area contributed by atoms with Crippen molar-refractivity contribution in [2.45, 2.75) is 6.92 Å². The van der Waals surface area contributed by atoms with Crippen molar-refractivity contribution >= 4 is 34.9 Å². The van der Waals surface area contributed by atoms with Gasteiger partial charge < -0.3 is 10.0 Å². The molecule has 0 aliphatic carbocycles. The summed E-state index contributed by atoms with van der Waals surface area (Å²) in [5.74, 6) is 0.0344. The van der Waals surface area contributed by atoms with Crippen LogP contribution >= 0.6 is 23.2 Å². The molecule has 3 nitrogen and oxygen atoms in total. The highest BCUT2D eigenvalue weighted by atomic mass is 35.5. The Labute approximate surface area is 111 Å². The maximum atomic E-state index is 11.0. The van der Waals surface area contributed by atoms with Gasteiger partial charge in [-0.15, -0.1) is 23.2 Å². The van der Waals surface area contributed by atoms with E-state index < -0.39 is 5.97 Å². The van der Waals surface area contributed by atoms with Gasteiger partial charge in [0, 0.05) is 30.5 Å². The molecule has 1 aromatic carbocycles. The number of halogens is 2. The lowest BCUT2D eigenvalue weighted by Gasteiger charge is -2.23. The van der Waals surface area contributed by atoms with Crippen LogP contribution in [0.15, 0.2) is 18.2 Å². The van der Waals surface area contributed by atoms with Crippen molar-refractivity contribution in [3.8, 4) is 0 Å². The zero-order chi connectivity index (χ0) is 12.8. The lowest BCUT2D eigenvalue weighted by atomic mass is 10.1. The lowest BCUT2D eigenvalue weighted by molar-refractivity contribution is 0.0697. The first-order valence-electron chi connectivity index (χ1n) is 5.30. The van der Waals surface area contributed by atoms with Crippen LogP contribution in [0.5, 0.6) is 0 Å². The van der Waals surface area contributed by atoms with E-state index in [1.807, 2.05) is 17.9 Å². The van der Waals surface area contributed by atoms with Gasteiger partial charge in [-0.3, -0.25) is 0 Å². The summed E-state index contributed by atoms with van der Waals surface area (Å²) in [6.45, 7) is 3.17. The van der Waals surface area contributed by atoms with E-state index in [0.29, 0.717) is 24.8 Å². The molecule has 0 unspecified atom stereocenters. The van der Waals surface area contributed by atoms with Gasteiger partial charge in [0.05, 0.1) is 5.56 Å². The minimum atomic E-state index is -0.924. The Bertz CT molecular complexity index is 390. The number of nitrogens with zero attached hydrogens (tertiary/aromatic N) is 1. The van der Waals surface area contributed by atoms with E-state index >= 15 is 0 Å². The van der Waals surface area contributed by atoms with Crippen LogP contribution < -0.4 is 4.90 Å². The maximum absolute atomic E-state index is 11.0. The molecule has 17 heavy (non-hydrogen) atoms. The summed E-state index contributed by atoms with van der Waals surface area (Å²) in [5.41, 5.74) is 2.05. The molecule has 0 fully saturated rings. The Morgan fingerprint density at radius 1 is 1.24 bits per heavy atom. The van der Waals surface area contributed by atoms with Crippen LogP contribution in [-0.4, -0.2) is 35.9 Å². The number of rotatable bonds is 6. The number of alkyl halides is 2. The number of benzene rings is 1. The van der Waals surface area contributed by atoms with Crippen molar-refractivity contribution in [3.63, 3.8) is 0 Å². The highest BCUT2D eigenvalue weighted by Crippen LogP contribution is 2.19. The van der Waals surface area contributed by atoms with E-state index in [1.54, 1.807) is 12.1 Å². The molecule has 0 atom stereocenters. The number of hydrogen-bond donors (Lipinski definition) is 1. The van der Waals surface area contributed by atoms with E-state index in [9.17, 15) is 4.79 Å². The second-order valence-electron chi connectivity index (χ2n) is 3.73. The molecule has 0 aliphatic heterocycles. The van der Waals surface area contributed by atoms with E-state index in [1.165, 1.54) is 0 Å². The van der Waals surface area contributed by atoms with E-state index in [4.69, 9.17) is 28.3 Å². The van der Waals surface area contributed by atoms with Crippen LogP contribution in [0, 0.1) is 6.92 Å². The Morgan fingerprint density at radius 2 is 1.82 bits per heavy atom. The number of hydrogen-bond acceptors (Lipinski definition) is 2. The minimum Gasteiger partial charge on any atom is -0.478 e. The molecule has 1 N–H and O–H groups in total. The van der Waals surface area contributed by atoms with Gasteiger partial charge in [0.2, 0.25) is 0 Å². The third kappa shape index (κ3) is 4.10. The largest absolute Gasteiger partial charge is 0.478 e. The van der Waals surface area contributed by atoms with Crippen LogP contribution in [-0.2, 0) is 0 Å². The first-order valence-corrected chi connectivity index (χ1v) is 6.37. The predicted octanol–water partition coefficient (Wildman–Crippen LogP) is 2.98. The molecule has 0 bridgehead atoms. The molecule has 0 amide bonds. The van der Waals surface area contributed by atoms with Gasteiger partial charge in [0.1, 0.15) is 0 Å². The normalized spacial score (nSPS) is 10.3. The minimum absolute atomic E-state index is 0.286. The summed E-state index contributed by atoms with van der Waals surface area (Å²) in [4.78, 5) is 13.0. The second-order valence-corrected chi connectivity index (χ2v) is 4.48. The summed E-state index contributed by atoms with van der Waals surface area (Å²) >= 11 is 11.4. The van der Waals surface area contributed by atoms with E-state index in [0.717, 1.165) is 11.3 Å². The summed E-state index contributed by atoms with van der Waals surface area (Å²) < 4.78 is 0. The molecule has 0 spiro atoms. The zero-order valence-electron chi connectivity index (χ0n) is 9.62. The first kappa shape index (κ1) is 14.1. The molecule has 5 heteroatoms. The van der Waals surface area contributed by atoms with Crippen LogP contribution in [0.1, 0.15) is 15.9 Å². The molecule has 0 saturated heterocycles. The fourth-order valence-corrected chi connectivity index (χ4v) is 2.05. The predicted molar refractivity (Wildman–Crippen MR) is 71.8 cm³/mol. The van der Waals surface area contributed by atoms with Gasteiger partial charge in [-0.2, -0.15) is 0 Å². The van der Waals surface area contributed by atoms with Crippen molar-refractivity contribution < 1.29 is 9.90 Å². The zero-order valence-corrected chi connectivity index (χ0v) is 11.1. The Kier molecular flexibility index (Phi) is 5.59. The Balaban J connectivity index is 3.04. The van der Waals surface area contributed by atoms with Crippen molar-refractivity contribution in [2.75, 3.05) is 29.7 Å². The third-order valence-corrected chi connectivity index (χ3v) is 2.72. The molecule has 1 aromatic rings. The van der Waals surface area contributed by atoms with Gasteiger partial charge >= 0.3 is 5.97 Å². The van der Waals surface area contributed by atoms with Crippen molar-refractivity contribution in [1.29, 1.82) is 0 Å². The molecule has 0 aromatic heterocycles. The van der Waals surface area contributed by atoms with Crippen molar-refractivity contribution in [1.82, 2.24) is 0 Å². The molecule has 1 rings (SSSR count). The molecular formula is C12H15Cl2NO2. The highest BCUT2D eigenvalue weighted by Gasteiger charge is 2.10.